The van der Waals surface area contributed by atoms with E-state index in [1.54, 1.807) is 0 Å². The fraction of sp³-hybridized carbons (Fsp3) is 0.385. The zero-order valence-corrected chi connectivity index (χ0v) is 15.2. The predicted octanol–water partition coefficient (Wildman–Crippen LogP) is -0.0894. The van der Waals surface area contributed by atoms with E-state index in [1.807, 2.05) is 0 Å². The topological polar surface area (TPSA) is 139 Å². The third-order valence-electron chi connectivity index (χ3n) is 4.05. The second kappa shape index (κ2) is 5.14. The maximum absolute atomic E-state index is 14.6. The molecule has 0 radical (unpaired) electrons. The maximum Gasteiger partial charge on any atom is 0.239 e. The van der Waals surface area contributed by atoms with Gasteiger partial charge in [-0.1, -0.05) is 0 Å². The number of H-pyrrole nitrogens is 1. The summed E-state index contributed by atoms with van der Waals surface area (Å²) < 4.78 is 63.1. The quantitative estimate of drug-likeness (QED) is 0.736. The molecule has 1 aromatic carbocycles. The molecule has 2 heterocycles. The van der Waals surface area contributed by atoms with Crippen LogP contribution in [0.3, 0.4) is 0 Å². The Morgan fingerprint density at radius 2 is 2.04 bits per heavy atom. The number of fused-ring (bicyclic) bond motifs is 1. The highest BCUT2D eigenvalue weighted by molar-refractivity contribution is 7.90. The summed E-state index contributed by atoms with van der Waals surface area (Å²) in [6, 6.07) is 2.35. The minimum Gasteiger partial charge on any atom is -0.369 e. The van der Waals surface area contributed by atoms with Gasteiger partial charge in [0, 0.05) is 24.9 Å². The second-order valence-electron chi connectivity index (χ2n) is 6.13. The molecule has 1 aliphatic rings. The fourth-order valence-corrected chi connectivity index (χ4v) is 4.69. The number of nitrogens with zero attached hydrogens (tertiary/aromatic N) is 3. The highest BCUT2D eigenvalue weighted by atomic mass is 32.2. The minimum absolute atomic E-state index is 0.0247. The van der Waals surface area contributed by atoms with Crippen LogP contribution in [0, 0.1) is 5.82 Å². The van der Waals surface area contributed by atoms with Crippen molar-refractivity contribution in [3.63, 3.8) is 0 Å². The molecular formula is C13H16FN5O4S2. The standard InChI is InChI=1S/C13H16FN5O4S2/c1-13(6-25(22,23)19(2)11(15)18-13)7-4-9-10(5-8(7)14)17-12(16-9)24(3,20)21/h4-5H,6H2,1-3H3,(H2,15,18)(H,16,17)/t13-/m0/s1. The first-order chi connectivity index (χ1) is 11.3. The van der Waals surface area contributed by atoms with Gasteiger partial charge in [0.1, 0.15) is 11.4 Å². The molecule has 136 valence electrons. The highest BCUT2D eigenvalue weighted by Gasteiger charge is 2.42. The van der Waals surface area contributed by atoms with E-state index in [-0.39, 0.29) is 27.7 Å². The molecule has 0 amide bonds. The zero-order chi connectivity index (χ0) is 18.8. The number of hydrogen-bond acceptors (Lipinski definition) is 7. The monoisotopic (exact) mass is 389 g/mol. The number of nitrogens with one attached hydrogen (secondary N) is 1. The van der Waals surface area contributed by atoms with E-state index in [0.717, 1.165) is 16.6 Å². The number of aromatic nitrogens is 2. The average Bonchev–Trinajstić information content (AvgIpc) is 2.86. The lowest BCUT2D eigenvalue weighted by Gasteiger charge is -2.34. The van der Waals surface area contributed by atoms with E-state index in [2.05, 4.69) is 15.0 Å². The van der Waals surface area contributed by atoms with Gasteiger partial charge in [-0.25, -0.2) is 35.5 Å². The number of aliphatic imine (C=N–C) groups is 1. The minimum atomic E-state index is -3.77. The molecule has 0 fully saturated rings. The van der Waals surface area contributed by atoms with Gasteiger partial charge in [-0.05, 0) is 13.0 Å². The van der Waals surface area contributed by atoms with Crippen molar-refractivity contribution in [2.24, 2.45) is 10.7 Å². The second-order valence-corrected chi connectivity index (χ2v) is 10.1. The van der Waals surface area contributed by atoms with Crippen molar-refractivity contribution in [3.05, 3.63) is 23.5 Å². The van der Waals surface area contributed by atoms with Gasteiger partial charge in [0.2, 0.25) is 31.0 Å². The third-order valence-corrected chi connectivity index (χ3v) is 6.89. The Kier molecular flexibility index (Phi) is 3.62. The number of sulfone groups is 1. The normalized spacial score (nSPS) is 23.7. The Hall–Kier alpha value is -2.21. The van der Waals surface area contributed by atoms with Crippen LogP contribution in [-0.2, 0) is 25.4 Å². The van der Waals surface area contributed by atoms with E-state index in [0.29, 0.717) is 0 Å². The number of halogens is 1. The van der Waals surface area contributed by atoms with E-state index in [1.165, 1.54) is 20.0 Å². The van der Waals surface area contributed by atoms with Crippen LogP contribution in [0.25, 0.3) is 11.0 Å². The van der Waals surface area contributed by atoms with Crippen molar-refractivity contribution in [1.29, 1.82) is 0 Å². The van der Waals surface area contributed by atoms with Crippen molar-refractivity contribution >= 4 is 36.9 Å². The van der Waals surface area contributed by atoms with Gasteiger partial charge in [-0.3, -0.25) is 0 Å². The molecule has 1 aliphatic heterocycles. The number of aromatic amines is 1. The number of guanidine groups is 1. The van der Waals surface area contributed by atoms with Gasteiger partial charge in [-0.15, -0.1) is 0 Å². The Balaban J connectivity index is 2.23. The van der Waals surface area contributed by atoms with E-state index >= 15 is 0 Å². The molecule has 0 saturated carbocycles. The van der Waals surface area contributed by atoms with Crippen molar-refractivity contribution in [3.8, 4) is 0 Å². The van der Waals surface area contributed by atoms with Crippen LogP contribution in [-0.4, -0.2) is 56.1 Å². The highest BCUT2D eigenvalue weighted by Crippen LogP contribution is 2.35. The summed E-state index contributed by atoms with van der Waals surface area (Å²) in [4.78, 5) is 10.6. The number of benzene rings is 1. The number of nitrogens with two attached hydrogens (primary N) is 1. The SMILES string of the molecule is CN1C(N)=N[C@](C)(c2cc3[nH]c(S(C)(=O)=O)nc3cc2F)CS1(=O)=O. The average molecular weight is 389 g/mol. The van der Waals surface area contributed by atoms with Gasteiger partial charge in [0.25, 0.3) is 0 Å². The van der Waals surface area contributed by atoms with Crippen LogP contribution < -0.4 is 5.73 Å². The Bertz CT molecular complexity index is 1120. The van der Waals surface area contributed by atoms with Gasteiger partial charge < -0.3 is 10.7 Å². The first-order valence-corrected chi connectivity index (χ1v) is 10.6. The molecule has 9 nitrogen and oxygen atoms in total. The fourth-order valence-electron chi connectivity index (χ4n) is 2.68. The van der Waals surface area contributed by atoms with Crippen LogP contribution in [0.5, 0.6) is 0 Å². The van der Waals surface area contributed by atoms with Crippen molar-refractivity contribution in [2.75, 3.05) is 19.1 Å². The summed E-state index contributed by atoms with van der Waals surface area (Å²) in [5.41, 5.74) is 4.55. The van der Waals surface area contributed by atoms with Crippen molar-refractivity contribution in [1.82, 2.24) is 14.3 Å². The Morgan fingerprint density at radius 1 is 1.40 bits per heavy atom. The summed E-state index contributed by atoms with van der Waals surface area (Å²) in [5, 5.41) is -0.303. The molecule has 2 aromatic rings. The van der Waals surface area contributed by atoms with Crippen LogP contribution in [0.15, 0.2) is 22.3 Å². The molecule has 0 spiro atoms. The van der Waals surface area contributed by atoms with Crippen LogP contribution in [0.2, 0.25) is 0 Å². The molecule has 0 unspecified atom stereocenters. The summed E-state index contributed by atoms with van der Waals surface area (Å²) in [6.45, 7) is 1.45. The van der Waals surface area contributed by atoms with Crippen molar-refractivity contribution < 1.29 is 21.2 Å². The molecule has 0 aliphatic carbocycles. The number of hydrogen-bond donors (Lipinski definition) is 2. The molecule has 12 heteroatoms. The third kappa shape index (κ3) is 2.84. The van der Waals surface area contributed by atoms with Crippen LogP contribution in [0.1, 0.15) is 12.5 Å². The summed E-state index contributed by atoms with van der Waals surface area (Å²) in [5.74, 6) is -1.49. The molecule has 3 rings (SSSR count). The summed E-state index contributed by atoms with van der Waals surface area (Å²) in [6.07, 6.45) is 0.970. The number of sulfonamides is 1. The van der Waals surface area contributed by atoms with Crippen molar-refractivity contribution in [2.45, 2.75) is 17.6 Å². The largest absolute Gasteiger partial charge is 0.369 e. The van der Waals surface area contributed by atoms with Gasteiger partial charge in [-0.2, -0.15) is 0 Å². The van der Waals surface area contributed by atoms with E-state index in [9.17, 15) is 21.2 Å². The molecular weight excluding hydrogens is 373 g/mol. The predicted molar refractivity (Wildman–Crippen MR) is 89.7 cm³/mol. The molecule has 1 atom stereocenters. The molecule has 0 bridgehead atoms. The smallest absolute Gasteiger partial charge is 0.239 e. The molecule has 0 saturated heterocycles. The van der Waals surface area contributed by atoms with Crippen LogP contribution in [0.4, 0.5) is 4.39 Å². The lowest BCUT2D eigenvalue weighted by molar-refractivity contribution is 0.458. The zero-order valence-electron chi connectivity index (χ0n) is 13.6. The van der Waals surface area contributed by atoms with E-state index in [4.69, 9.17) is 5.73 Å². The Morgan fingerprint density at radius 3 is 2.60 bits per heavy atom. The Labute approximate surface area is 143 Å². The summed E-state index contributed by atoms with van der Waals surface area (Å²) >= 11 is 0. The number of imidazole rings is 1. The first-order valence-electron chi connectivity index (χ1n) is 7.05. The molecule has 1 aromatic heterocycles. The number of rotatable bonds is 2. The molecule has 3 N–H and O–H groups in total. The lowest BCUT2D eigenvalue weighted by Crippen LogP contribution is -2.50. The maximum atomic E-state index is 14.6. The molecule has 25 heavy (non-hydrogen) atoms. The first kappa shape index (κ1) is 17.6. The van der Waals surface area contributed by atoms with Gasteiger partial charge in [0.05, 0.1) is 16.8 Å². The van der Waals surface area contributed by atoms with Crippen LogP contribution >= 0.6 is 0 Å². The van der Waals surface area contributed by atoms with Gasteiger partial charge in [0.15, 0.2) is 0 Å². The van der Waals surface area contributed by atoms with E-state index < -0.39 is 37.0 Å². The lowest BCUT2D eigenvalue weighted by atomic mass is 9.93. The van der Waals surface area contributed by atoms with Gasteiger partial charge >= 0.3 is 0 Å². The summed E-state index contributed by atoms with van der Waals surface area (Å²) in [7, 11) is -6.11.